The average molecular weight is 189 g/mol. The zero-order chi connectivity index (χ0) is 9.80. The van der Waals surface area contributed by atoms with Crippen molar-refractivity contribution in [1.82, 2.24) is 15.0 Å². The summed E-state index contributed by atoms with van der Waals surface area (Å²) in [6.07, 6.45) is 6.70. The van der Waals surface area contributed by atoms with Crippen LogP contribution >= 0.6 is 0 Å². The molecule has 0 saturated carbocycles. The molecule has 0 aliphatic carbocycles. The van der Waals surface area contributed by atoms with E-state index in [1.165, 1.54) is 0 Å². The first-order chi connectivity index (χ1) is 6.86. The predicted octanol–water partition coefficient (Wildman–Crippen LogP) is 1.08. The molecule has 0 saturated heterocycles. The van der Waals surface area contributed by atoms with Gasteiger partial charge in [0, 0.05) is 31.2 Å². The molecular weight excluding hydrogens is 178 g/mol. The largest absolute Gasteiger partial charge is 0.388 e. The third kappa shape index (κ3) is 1.97. The fraction of sp³-hybridized carbons (Fsp3) is 0.200. The minimum atomic E-state index is -0.546. The second-order valence-corrected chi connectivity index (χ2v) is 3.04. The molecule has 0 amide bonds. The van der Waals surface area contributed by atoms with E-state index in [9.17, 15) is 5.11 Å². The van der Waals surface area contributed by atoms with Crippen LogP contribution in [0.5, 0.6) is 0 Å². The van der Waals surface area contributed by atoms with Gasteiger partial charge in [0.2, 0.25) is 0 Å². The van der Waals surface area contributed by atoms with E-state index in [4.69, 9.17) is 0 Å². The van der Waals surface area contributed by atoms with E-state index < -0.39 is 6.10 Å². The van der Waals surface area contributed by atoms with E-state index in [1.807, 2.05) is 6.07 Å². The standard InChI is InChI=1S/C10H11N3O/c14-9(6-10-12-4-5-13-10)8-2-1-3-11-7-8/h1-5,7,9,14H,6H2,(H,12,13). The maximum absolute atomic E-state index is 9.79. The molecule has 0 fully saturated rings. The first-order valence-electron chi connectivity index (χ1n) is 4.42. The van der Waals surface area contributed by atoms with Gasteiger partial charge in [0.1, 0.15) is 5.82 Å². The molecular formula is C10H11N3O. The lowest BCUT2D eigenvalue weighted by molar-refractivity contribution is 0.175. The van der Waals surface area contributed by atoms with E-state index in [2.05, 4.69) is 15.0 Å². The van der Waals surface area contributed by atoms with E-state index >= 15 is 0 Å². The molecule has 2 N–H and O–H groups in total. The maximum Gasteiger partial charge on any atom is 0.108 e. The number of aromatic amines is 1. The van der Waals surface area contributed by atoms with Crippen molar-refractivity contribution in [3.63, 3.8) is 0 Å². The third-order valence-electron chi connectivity index (χ3n) is 2.01. The van der Waals surface area contributed by atoms with E-state index in [0.29, 0.717) is 6.42 Å². The minimum Gasteiger partial charge on any atom is -0.388 e. The molecule has 0 aliphatic heterocycles. The van der Waals surface area contributed by atoms with Crippen molar-refractivity contribution in [2.24, 2.45) is 0 Å². The van der Waals surface area contributed by atoms with Gasteiger partial charge in [0.25, 0.3) is 0 Å². The van der Waals surface area contributed by atoms with Gasteiger partial charge in [0.05, 0.1) is 6.10 Å². The molecule has 1 atom stereocenters. The van der Waals surface area contributed by atoms with Gasteiger partial charge >= 0.3 is 0 Å². The summed E-state index contributed by atoms with van der Waals surface area (Å²) in [5.74, 6) is 0.779. The van der Waals surface area contributed by atoms with Crippen LogP contribution < -0.4 is 0 Å². The van der Waals surface area contributed by atoms with E-state index in [1.54, 1.807) is 30.9 Å². The first-order valence-corrected chi connectivity index (χ1v) is 4.42. The average Bonchev–Trinajstić information content (AvgIpc) is 2.72. The molecule has 0 radical (unpaired) electrons. The van der Waals surface area contributed by atoms with Crippen molar-refractivity contribution < 1.29 is 5.11 Å². The molecule has 0 aliphatic rings. The number of hydrogen-bond donors (Lipinski definition) is 2. The monoisotopic (exact) mass is 189 g/mol. The summed E-state index contributed by atoms with van der Waals surface area (Å²) >= 11 is 0. The molecule has 0 aromatic carbocycles. The summed E-state index contributed by atoms with van der Waals surface area (Å²) in [7, 11) is 0. The highest BCUT2D eigenvalue weighted by Gasteiger charge is 2.09. The normalized spacial score (nSPS) is 12.6. The summed E-state index contributed by atoms with van der Waals surface area (Å²) in [6, 6.07) is 3.65. The van der Waals surface area contributed by atoms with E-state index in [-0.39, 0.29) is 0 Å². The summed E-state index contributed by atoms with van der Waals surface area (Å²) in [4.78, 5) is 10.9. The zero-order valence-corrected chi connectivity index (χ0v) is 7.59. The number of rotatable bonds is 3. The molecule has 2 aromatic rings. The van der Waals surface area contributed by atoms with Crippen LogP contribution in [0, 0.1) is 0 Å². The highest BCUT2D eigenvalue weighted by atomic mass is 16.3. The molecule has 14 heavy (non-hydrogen) atoms. The molecule has 0 bridgehead atoms. The first kappa shape index (κ1) is 8.90. The van der Waals surface area contributed by atoms with Gasteiger partial charge in [-0.1, -0.05) is 6.07 Å². The summed E-state index contributed by atoms with van der Waals surface area (Å²) in [6.45, 7) is 0. The Hall–Kier alpha value is -1.68. The SMILES string of the molecule is OC(Cc1ncc[nH]1)c1cccnc1. The van der Waals surface area contributed by atoms with Gasteiger partial charge in [0.15, 0.2) is 0 Å². The number of aliphatic hydroxyl groups is 1. The van der Waals surface area contributed by atoms with Crippen LogP contribution in [0.1, 0.15) is 17.5 Å². The number of nitrogens with zero attached hydrogens (tertiary/aromatic N) is 2. The van der Waals surface area contributed by atoms with Crippen LogP contribution in [0.15, 0.2) is 36.9 Å². The molecule has 2 rings (SSSR count). The fourth-order valence-electron chi connectivity index (χ4n) is 1.28. The number of aliphatic hydroxyl groups excluding tert-OH is 1. The Morgan fingerprint density at radius 1 is 1.43 bits per heavy atom. The van der Waals surface area contributed by atoms with Gasteiger partial charge in [-0.3, -0.25) is 4.98 Å². The predicted molar refractivity (Wildman–Crippen MR) is 51.5 cm³/mol. The minimum absolute atomic E-state index is 0.485. The number of H-pyrrole nitrogens is 1. The van der Waals surface area contributed by atoms with Crippen LogP contribution in [-0.2, 0) is 6.42 Å². The number of imidazole rings is 1. The second-order valence-electron chi connectivity index (χ2n) is 3.04. The molecule has 2 heterocycles. The number of aromatic nitrogens is 3. The number of nitrogens with one attached hydrogen (secondary N) is 1. The Kier molecular flexibility index (Phi) is 2.55. The van der Waals surface area contributed by atoms with Gasteiger partial charge < -0.3 is 10.1 Å². The summed E-state index contributed by atoms with van der Waals surface area (Å²) < 4.78 is 0. The van der Waals surface area contributed by atoms with Crippen molar-refractivity contribution >= 4 is 0 Å². The van der Waals surface area contributed by atoms with Crippen LogP contribution in [0.25, 0.3) is 0 Å². The number of hydrogen-bond acceptors (Lipinski definition) is 3. The fourth-order valence-corrected chi connectivity index (χ4v) is 1.28. The smallest absolute Gasteiger partial charge is 0.108 e. The topological polar surface area (TPSA) is 61.8 Å². The molecule has 2 aromatic heterocycles. The lowest BCUT2D eigenvalue weighted by Gasteiger charge is -2.07. The number of pyridine rings is 1. The Labute approximate surface area is 81.7 Å². The highest BCUT2D eigenvalue weighted by molar-refractivity contribution is 5.13. The Bertz CT molecular complexity index is 372. The van der Waals surface area contributed by atoms with Gasteiger partial charge in [-0.2, -0.15) is 0 Å². The second kappa shape index (κ2) is 4.02. The lowest BCUT2D eigenvalue weighted by Crippen LogP contribution is -2.03. The third-order valence-corrected chi connectivity index (χ3v) is 2.01. The Morgan fingerprint density at radius 2 is 2.36 bits per heavy atom. The Morgan fingerprint density at radius 3 is 3.00 bits per heavy atom. The van der Waals surface area contributed by atoms with E-state index in [0.717, 1.165) is 11.4 Å². The molecule has 0 spiro atoms. The van der Waals surface area contributed by atoms with Crippen LogP contribution in [0.2, 0.25) is 0 Å². The van der Waals surface area contributed by atoms with Crippen molar-refractivity contribution in [1.29, 1.82) is 0 Å². The molecule has 1 unspecified atom stereocenters. The lowest BCUT2D eigenvalue weighted by atomic mass is 10.1. The molecule has 72 valence electrons. The van der Waals surface area contributed by atoms with Crippen molar-refractivity contribution in [2.45, 2.75) is 12.5 Å². The van der Waals surface area contributed by atoms with Gasteiger partial charge in [-0.25, -0.2) is 4.98 Å². The molecule has 4 heteroatoms. The van der Waals surface area contributed by atoms with Crippen molar-refractivity contribution in [2.75, 3.05) is 0 Å². The van der Waals surface area contributed by atoms with Crippen molar-refractivity contribution in [3.05, 3.63) is 48.3 Å². The molecule has 4 nitrogen and oxygen atoms in total. The zero-order valence-electron chi connectivity index (χ0n) is 7.59. The van der Waals surface area contributed by atoms with Crippen LogP contribution in [0.3, 0.4) is 0 Å². The van der Waals surface area contributed by atoms with Crippen LogP contribution in [0.4, 0.5) is 0 Å². The summed E-state index contributed by atoms with van der Waals surface area (Å²) in [5.41, 5.74) is 0.809. The van der Waals surface area contributed by atoms with Gasteiger partial charge in [-0.15, -0.1) is 0 Å². The summed E-state index contributed by atoms with van der Waals surface area (Å²) in [5, 5.41) is 9.79. The van der Waals surface area contributed by atoms with Gasteiger partial charge in [-0.05, 0) is 11.6 Å². The van der Waals surface area contributed by atoms with Crippen molar-refractivity contribution in [3.8, 4) is 0 Å². The Balaban J connectivity index is 2.07. The quantitative estimate of drug-likeness (QED) is 0.759. The maximum atomic E-state index is 9.79. The highest BCUT2D eigenvalue weighted by Crippen LogP contribution is 2.14. The van der Waals surface area contributed by atoms with Crippen LogP contribution in [-0.4, -0.2) is 20.1 Å².